The van der Waals surface area contributed by atoms with Crippen molar-refractivity contribution in [2.75, 3.05) is 32.0 Å². The van der Waals surface area contributed by atoms with Crippen LogP contribution in [0.15, 0.2) is 18.2 Å². The molecule has 1 saturated heterocycles. The van der Waals surface area contributed by atoms with Gasteiger partial charge in [0.25, 0.3) is 0 Å². The molecule has 0 saturated carbocycles. The van der Waals surface area contributed by atoms with E-state index in [0.29, 0.717) is 0 Å². The summed E-state index contributed by atoms with van der Waals surface area (Å²) >= 11 is 0. The van der Waals surface area contributed by atoms with Crippen LogP contribution in [0.25, 0.3) is 0 Å². The monoisotopic (exact) mass is 286 g/mol. The highest BCUT2D eigenvalue weighted by Gasteiger charge is 2.41. The van der Waals surface area contributed by atoms with E-state index in [1.165, 1.54) is 6.07 Å². The molecule has 6 heteroatoms. The summed E-state index contributed by atoms with van der Waals surface area (Å²) < 4.78 is 41.0. The van der Waals surface area contributed by atoms with Crippen molar-refractivity contribution in [3.63, 3.8) is 0 Å². The Balaban J connectivity index is 1.90. The molecule has 1 aromatic carbocycles. The van der Waals surface area contributed by atoms with Gasteiger partial charge < -0.3 is 15.0 Å². The first-order chi connectivity index (χ1) is 9.38. The first kappa shape index (κ1) is 13.5. The highest BCUT2D eigenvalue weighted by Crippen LogP contribution is 2.45. The van der Waals surface area contributed by atoms with E-state index in [1.807, 2.05) is 0 Å². The number of nitrogens with zero attached hydrogens (tertiary/aromatic N) is 1. The molecule has 0 unspecified atom stereocenters. The van der Waals surface area contributed by atoms with E-state index in [-0.39, 0.29) is 11.2 Å². The van der Waals surface area contributed by atoms with Gasteiger partial charge in [0, 0.05) is 17.6 Å². The third-order valence-electron chi connectivity index (χ3n) is 4.36. The number of hydrogen-bond donors (Lipinski definition) is 1. The Labute approximate surface area is 115 Å². The lowest BCUT2D eigenvalue weighted by atomic mass is 9.74. The fraction of sp³-hybridized carbons (Fsp3) is 0.571. The number of benzene rings is 1. The molecular formula is C14H17F3N2O. The van der Waals surface area contributed by atoms with Crippen LogP contribution in [-0.2, 0) is 5.41 Å². The van der Waals surface area contributed by atoms with Crippen LogP contribution < -0.4 is 10.1 Å². The highest BCUT2D eigenvalue weighted by molar-refractivity contribution is 5.62. The van der Waals surface area contributed by atoms with Gasteiger partial charge in [0.1, 0.15) is 5.75 Å². The van der Waals surface area contributed by atoms with Crippen molar-refractivity contribution < 1.29 is 17.9 Å². The fourth-order valence-electron chi connectivity index (χ4n) is 3.17. The molecule has 0 radical (unpaired) electrons. The van der Waals surface area contributed by atoms with Gasteiger partial charge in [-0.25, -0.2) is 0 Å². The van der Waals surface area contributed by atoms with Crippen LogP contribution in [0.2, 0.25) is 0 Å². The van der Waals surface area contributed by atoms with Crippen molar-refractivity contribution >= 4 is 5.69 Å². The van der Waals surface area contributed by atoms with Gasteiger partial charge in [0.05, 0.1) is 0 Å². The Morgan fingerprint density at radius 3 is 2.60 bits per heavy atom. The molecule has 1 spiro atoms. The predicted octanol–water partition coefficient (Wildman–Crippen LogP) is 2.97. The van der Waals surface area contributed by atoms with Crippen LogP contribution >= 0.6 is 0 Å². The molecule has 3 nitrogen and oxygen atoms in total. The molecule has 0 atom stereocenters. The molecule has 1 aromatic rings. The van der Waals surface area contributed by atoms with Gasteiger partial charge in [-0.1, -0.05) is 0 Å². The van der Waals surface area contributed by atoms with Crippen molar-refractivity contribution in [1.29, 1.82) is 0 Å². The number of alkyl halides is 3. The largest absolute Gasteiger partial charge is 0.573 e. The zero-order valence-electron chi connectivity index (χ0n) is 11.3. The minimum Gasteiger partial charge on any atom is -0.406 e. The molecule has 2 heterocycles. The zero-order valence-corrected chi connectivity index (χ0v) is 11.3. The Kier molecular flexibility index (Phi) is 3.08. The predicted molar refractivity (Wildman–Crippen MR) is 70.0 cm³/mol. The van der Waals surface area contributed by atoms with E-state index >= 15 is 0 Å². The first-order valence-electron chi connectivity index (χ1n) is 6.71. The van der Waals surface area contributed by atoms with Gasteiger partial charge in [-0.3, -0.25) is 0 Å². The average Bonchev–Trinajstić information content (AvgIpc) is 2.70. The summed E-state index contributed by atoms with van der Waals surface area (Å²) in [4.78, 5) is 2.25. The average molecular weight is 286 g/mol. The number of fused-ring (bicyclic) bond motifs is 2. The van der Waals surface area contributed by atoms with Gasteiger partial charge in [0.2, 0.25) is 0 Å². The van der Waals surface area contributed by atoms with E-state index < -0.39 is 6.36 Å². The molecule has 3 rings (SSSR count). The lowest BCUT2D eigenvalue weighted by molar-refractivity contribution is -0.274. The van der Waals surface area contributed by atoms with Crippen molar-refractivity contribution in [2.24, 2.45) is 0 Å². The van der Waals surface area contributed by atoms with Crippen molar-refractivity contribution in [2.45, 2.75) is 24.6 Å². The third kappa shape index (κ3) is 2.44. The van der Waals surface area contributed by atoms with E-state index in [0.717, 1.165) is 43.7 Å². The molecule has 2 aliphatic heterocycles. The SMILES string of the molecule is CN1CCC2(CC1)CNc1ccc(OC(F)(F)F)cc12. The number of nitrogens with one attached hydrogen (secondary N) is 1. The number of hydrogen-bond acceptors (Lipinski definition) is 3. The topological polar surface area (TPSA) is 24.5 Å². The molecule has 2 aliphatic rings. The molecule has 20 heavy (non-hydrogen) atoms. The summed E-state index contributed by atoms with van der Waals surface area (Å²) in [6.45, 7) is 2.72. The van der Waals surface area contributed by atoms with Gasteiger partial charge in [0.15, 0.2) is 0 Å². The van der Waals surface area contributed by atoms with E-state index in [2.05, 4.69) is 22.0 Å². The number of piperidine rings is 1. The number of ether oxygens (including phenoxy) is 1. The molecule has 0 aromatic heterocycles. The summed E-state index contributed by atoms with van der Waals surface area (Å²) in [6, 6.07) is 4.60. The maximum atomic E-state index is 12.3. The normalized spacial score (nSPS) is 21.6. The summed E-state index contributed by atoms with van der Waals surface area (Å²) in [6.07, 6.45) is -2.72. The van der Waals surface area contributed by atoms with Crippen LogP contribution in [0.1, 0.15) is 18.4 Å². The minimum absolute atomic E-state index is 0.0488. The Morgan fingerprint density at radius 2 is 1.95 bits per heavy atom. The lowest BCUT2D eigenvalue weighted by Gasteiger charge is -2.37. The van der Waals surface area contributed by atoms with Crippen LogP contribution in [-0.4, -0.2) is 37.9 Å². The van der Waals surface area contributed by atoms with E-state index in [4.69, 9.17) is 0 Å². The van der Waals surface area contributed by atoms with Crippen LogP contribution in [0.3, 0.4) is 0 Å². The number of anilines is 1. The first-order valence-corrected chi connectivity index (χ1v) is 6.71. The van der Waals surface area contributed by atoms with E-state index in [1.54, 1.807) is 12.1 Å². The van der Waals surface area contributed by atoms with Gasteiger partial charge in [-0.15, -0.1) is 13.2 Å². The van der Waals surface area contributed by atoms with Crippen LogP contribution in [0.4, 0.5) is 18.9 Å². The quantitative estimate of drug-likeness (QED) is 0.859. The second-order valence-electron chi connectivity index (χ2n) is 5.69. The standard InChI is InChI=1S/C14H17F3N2O/c1-19-6-4-13(5-7-19)9-18-12-3-2-10(8-11(12)13)20-14(15,16)17/h2-3,8,18H,4-7,9H2,1H3. The number of likely N-dealkylation sites (tertiary alicyclic amines) is 1. The molecule has 1 N–H and O–H groups in total. The number of halogens is 3. The highest BCUT2D eigenvalue weighted by atomic mass is 19.4. The van der Waals surface area contributed by atoms with Crippen LogP contribution in [0, 0.1) is 0 Å². The molecule has 1 fully saturated rings. The Bertz CT molecular complexity index is 508. The zero-order chi connectivity index (χ0) is 14.4. The van der Waals surface area contributed by atoms with Crippen molar-refractivity contribution in [3.05, 3.63) is 23.8 Å². The maximum Gasteiger partial charge on any atom is 0.573 e. The fourth-order valence-corrected chi connectivity index (χ4v) is 3.17. The summed E-state index contributed by atoms with van der Waals surface area (Å²) in [5.41, 5.74) is 1.85. The molecule has 0 amide bonds. The van der Waals surface area contributed by atoms with Gasteiger partial charge in [-0.2, -0.15) is 0 Å². The second kappa shape index (κ2) is 4.55. The van der Waals surface area contributed by atoms with Crippen molar-refractivity contribution in [1.82, 2.24) is 4.90 Å². The van der Waals surface area contributed by atoms with Gasteiger partial charge in [-0.05, 0) is 56.7 Å². The van der Waals surface area contributed by atoms with Crippen molar-refractivity contribution in [3.8, 4) is 5.75 Å². The third-order valence-corrected chi connectivity index (χ3v) is 4.36. The Morgan fingerprint density at radius 1 is 1.25 bits per heavy atom. The maximum absolute atomic E-state index is 12.3. The smallest absolute Gasteiger partial charge is 0.406 e. The van der Waals surface area contributed by atoms with E-state index in [9.17, 15) is 13.2 Å². The molecule has 110 valence electrons. The van der Waals surface area contributed by atoms with Gasteiger partial charge >= 0.3 is 6.36 Å². The Hall–Kier alpha value is -1.43. The van der Waals surface area contributed by atoms with Crippen LogP contribution in [0.5, 0.6) is 5.75 Å². The number of rotatable bonds is 1. The summed E-state index contributed by atoms with van der Waals surface area (Å²) in [5.74, 6) is -0.127. The lowest BCUT2D eigenvalue weighted by Crippen LogP contribution is -2.42. The second-order valence-corrected chi connectivity index (χ2v) is 5.69. The molecule has 0 aliphatic carbocycles. The summed E-state index contributed by atoms with van der Waals surface area (Å²) in [7, 11) is 2.07. The molecular weight excluding hydrogens is 269 g/mol. The minimum atomic E-state index is -4.64. The molecule has 0 bridgehead atoms. The summed E-state index contributed by atoms with van der Waals surface area (Å²) in [5, 5.41) is 3.31.